The van der Waals surface area contributed by atoms with Gasteiger partial charge in [-0.2, -0.15) is 0 Å². The lowest BCUT2D eigenvalue weighted by molar-refractivity contribution is -0.0993. The highest BCUT2D eigenvalue weighted by molar-refractivity contribution is 5.74. The summed E-state index contributed by atoms with van der Waals surface area (Å²) in [5.74, 6) is 0.765. The third kappa shape index (κ3) is 4.22. The van der Waals surface area contributed by atoms with Gasteiger partial charge in [-0.1, -0.05) is 0 Å². The summed E-state index contributed by atoms with van der Waals surface area (Å²) in [6, 6.07) is 3.63. The number of nitrogens with one attached hydrogen (secondary N) is 1. The number of urea groups is 1. The average molecular weight is 309 g/mol. The van der Waals surface area contributed by atoms with Crippen LogP contribution in [0.4, 0.5) is 4.79 Å². The molecule has 0 unspecified atom stereocenters. The third-order valence-corrected chi connectivity index (χ3v) is 4.00. The van der Waals surface area contributed by atoms with Crippen molar-refractivity contribution in [2.45, 2.75) is 12.6 Å². The van der Waals surface area contributed by atoms with E-state index in [2.05, 4.69) is 10.2 Å². The van der Waals surface area contributed by atoms with Crippen molar-refractivity contribution in [2.24, 2.45) is 0 Å². The molecule has 2 amide bonds. The number of nitrogens with zero attached hydrogens (tertiary/aromatic N) is 2. The summed E-state index contributed by atoms with van der Waals surface area (Å²) in [6.45, 7) is 6.56. The Balaban J connectivity index is 1.36. The number of carbonyl (C=O) groups is 1. The van der Waals surface area contributed by atoms with Crippen molar-refractivity contribution < 1.29 is 18.7 Å². The van der Waals surface area contributed by atoms with E-state index < -0.39 is 0 Å². The first-order valence-corrected chi connectivity index (χ1v) is 7.78. The van der Waals surface area contributed by atoms with E-state index in [0.29, 0.717) is 26.4 Å². The van der Waals surface area contributed by atoms with Gasteiger partial charge in [0, 0.05) is 32.7 Å². The second-order valence-electron chi connectivity index (χ2n) is 5.59. The summed E-state index contributed by atoms with van der Waals surface area (Å²) in [5.41, 5.74) is 0. The minimum Gasteiger partial charge on any atom is -0.467 e. The van der Waals surface area contributed by atoms with Crippen molar-refractivity contribution in [2.75, 3.05) is 52.5 Å². The maximum atomic E-state index is 12.1. The number of amides is 2. The Morgan fingerprint density at radius 2 is 2.14 bits per heavy atom. The van der Waals surface area contributed by atoms with Gasteiger partial charge in [-0.15, -0.1) is 0 Å². The molecule has 1 N–H and O–H groups in total. The molecule has 2 aliphatic heterocycles. The zero-order valence-electron chi connectivity index (χ0n) is 12.7. The molecule has 0 bridgehead atoms. The van der Waals surface area contributed by atoms with E-state index in [9.17, 15) is 4.79 Å². The zero-order chi connectivity index (χ0) is 15.2. The average Bonchev–Trinajstić information content (AvgIpc) is 3.08. The third-order valence-electron chi connectivity index (χ3n) is 4.00. The molecule has 7 nitrogen and oxygen atoms in total. The second kappa shape index (κ2) is 7.62. The number of carbonyl (C=O) groups excluding carboxylic acids is 1. The molecule has 2 fully saturated rings. The van der Waals surface area contributed by atoms with Gasteiger partial charge >= 0.3 is 6.03 Å². The van der Waals surface area contributed by atoms with Gasteiger partial charge in [-0.05, 0) is 12.1 Å². The molecule has 0 aromatic carbocycles. The van der Waals surface area contributed by atoms with Crippen LogP contribution in [0.2, 0.25) is 0 Å². The molecular weight excluding hydrogens is 286 g/mol. The number of ether oxygens (including phenoxy) is 2. The monoisotopic (exact) mass is 309 g/mol. The maximum Gasteiger partial charge on any atom is 0.317 e. The summed E-state index contributed by atoms with van der Waals surface area (Å²) >= 11 is 0. The summed E-state index contributed by atoms with van der Waals surface area (Å²) in [4.78, 5) is 16.3. The Morgan fingerprint density at radius 3 is 2.82 bits per heavy atom. The highest BCUT2D eigenvalue weighted by Gasteiger charge is 2.24. The molecule has 22 heavy (non-hydrogen) atoms. The first-order chi connectivity index (χ1) is 10.8. The highest BCUT2D eigenvalue weighted by Crippen LogP contribution is 2.08. The van der Waals surface area contributed by atoms with Gasteiger partial charge in [0.1, 0.15) is 5.76 Å². The SMILES string of the molecule is O=C(NCc1ccco1)N1CCN(C[C@H]2COCCO2)CC1. The fourth-order valence-electron chi connectivity index (χ4n) is 2.75. The Hall–Kier alpha value is -1.57. The van der Waals surface area contributed by atoms with Gasteiger partial charge in [0.25, 0.3) is 0 Å². The lowest BCUT2D eigenvalue weighted by atomic mass is 10.2. The van der Waals surface area contributed by atoms with E-state index in [1.54, 1.807) is 6.26 Å². The number of furan rings is 1. The van der Waals surface area contributed by atoms with Gasteiger partial charge in [-0.3, -0.25) is 4.90 Å². The number of hydrogen-bond acceptors (Lipinski definition) is 5. The molecule has 2 aliphatic rings. The minimum absolute atomic E-state index is 0.0340. The quantitative estimate of drug-likeness (QED) is 0.878. The van der Waals surface area contributed by atoms with Gasteiger partial charge in [0.2, 0.25) is 0 Å². The van der Waals surface area contributed by atoms with Crippen LogP contribution in [0.3, 0.4) is 0 Å². The second-order valence-corrected chi connectivity index (χ2v) is 5.59. The van der Waals surface area contributed by atoms with Crippen molar-refractivity contribution in [3.05, 3.63) is 24.2 Å². The van der Waals surface area contributed by atoms with Crippen molar-refractivity contribution >= 4 is 6.03 Å². The molecule has 0 radical (unpaired) electrons. The molecule has 0 spiro atoms. The summed E-state index contributed by atoms with van der Waals surface area (Å²) < 4.78 is 16.3. The van der Waals surface area contributed by atoms with E-state index in [0.717, 1.165) is 38.5 Å². The molecule has 2 saturated heterocycles. The molecule has 1 aromatic heterocycles. The van der Waals surface area contributed by atoms with Crippen molar-refractivity contribution in [1.82, 2.24) is 15.1 Å². The van der Waals surface area contributed by atoms with E-state index in [1.807, 2.05) is 17.0 Å². The van der Waals surface area contributed by atoms with Crippen LogP contribution in [0.5, 0.6) is 0 Å². The van der Waals surface area contributed by atoms with Crippen LogP contribution in [0.1, 0.15) is 5.76 Å². The van der Waals surface area contributed by atoms with Gasteiger partial charge < -0.3 is 24.1 Å². The molecule has 3 heterocycles. The van der Waals surface area contributed by atoms with E-state index >= 15 is 0 Å². The summed E-state index contributed by atoms with van der Waals surface area (Å²) in [7, 11) is 0. The summed E-state index contributed by atoms with van der Waals surface area (Å²) in [5, 5.41) is 2.88. The molecule has 7 heteroatoms. The molecule has 3 rings (SSSR count). The van der Waals surface area contributed by atoms with Gasteiger partial charge in [-0.25, -0.2) is 4.79 Å². The van der Waals surface area contributed by atoms with Crippen molar-refractivity contribution in [3.8, 4) is 0 Å². The predicted molar refractivity (Wildman–Crippen MR) is 79.5 cm³/mol. The Bertz CT molecular complexity index is 451. The van der Waals surface area contributed by atoms with Crippen LogP contribution in [0, 0.1) is 0 Å². The van der Waals surface area contributed by atoms with Crippen LogP contribution in [-0.4, -0.2) is 74.5 Å². The fraction of sp³-hybridized carbons (Fsp3) is 0.667. The molecular formula is C15H23N3O4. The molecule has 122 valence electrons. The molecule has 0 saturated carbocycles. The van der Waals surface area contributed by atoms with Crippen molar-refractivity contribution in [1.29, 1.82) is 0 Å². The van der Waals surface area contributed by atoms with Gasteiger partial charge in [0.05, 0.1) is 38.7 Å². The Labute approximate surface area is 130 Å². The molecule has 1 aromatic rings. The summed E-state index contributed by atoms with van der Waals surface area (Å²) in [6.07, 6.45) is 1.77. The van der Waals surface area contributed by atoms with Crippen LogP contribution >= 0.6 is 0 Å². The van der Waals surface area contributed by atoms with Crippen LogP contribution in [0.25, 0.3) is 0 Å². The van der Waals surface area contributed by atoms with E-state index in [-0.39, 0.29) is 12.1 Å². The molecule has 1 atom stereocenters. The smallest absolute Gasteiger partial charge is 0.317 e. The maximum absolute atomic E-state index is 12.1. The number of piperazine rings is 1. The zero-order valence-corrected chi connectivity index (χ0v) is 12.7. The largest absolute Gasteiger partial charge is 0.467 e. The predicted octanol–water partition coefficient (Wildman–Crippen LogP) is 0.522. The normalized spacial score (nSPS) is 23.5. The first kappa shape index (κ1) is 15.3. The van der Waals surface area contributed by atoms with E-state index in [1.165, 1.54) is 0 Å². The Kier molecular flexibility index (Phi) is 5.31. The van der Waals surface area contributed by atoms with Crippen molar-refractivity contribution in [3.63, 3.8) is 0 Å². The van der Waals surface area contributed by atoms with Crippen LogP contribution in [0.15, 0.2) is 22.8 Å². The number of rotatable bonds is 4. The highest BCUT2D eigenvalue weighted by atomic mass is 16.6. The topological polar surface area (TPSA) is 67.2 Å². The Morgan fingerprint density at radius 1 is 1.27 bits per heavy atom. The lowest BCUT2D eigenvalue weighted by Gasteiger charge is -2.36. The standard InChI is InChI=1S/C15H23N3O4/c19-15(16-10-13-2-1-7-21-13)18-5-3-17(4-6-18)11-14-12-20-8-9-22-14/h1-2,7,14H,3-6,8-12H2,(H,16,19)/t14-/m0/s1. The van der Waals surface area contributed by atoms with E-state index in [4.69, 9.17) is 13.9 Å². The van der Waals surface area contributed by atoms with Crippen LogP contribution in [-0.2, 0) is 16.0 Å². The lowest BCUT2D eigenvalue weighted by Crippen LogP contribution is -2.53. The minimum atomic E-state index is -0.0340. The van der Waals surface area contributed by atoms with Gasteiger partial charge in [0.15, 0.2) is 0 Å². The first-order valence-electron chi connectivity index (χ1n) is 7.78. The van der Waals surface area contributed by atoms with Crippen LogP contribution < -0.4 is 5.32 Å². The molecule has 0 aliphatic carbocycles. The fourth-order valence-corrected chi connectivity index (χ4v) is 2.75. The number of hydrogen-bond donors (Lipinski definition) is 1.